The predicted octanol–water partition coefficient (Wildman–Crippen LogP) is 1.62. The Balaban J connectivity index is 2.21. The van der Waals surface area contributed by atoms with Gasteiger partial charge in [0, 0.05) is 18.3 Å². The number of carboxylic acid groups (broad SMARTS) is 1. The molecule has 2 rings (SSSR count). The Morgan fingerprint density at radius 2 is 2.04 bits per heavy atom. The van der Waals surface area contributed by atoms with Crippen LogP contribution in [0.4, 0.5) is 5.69 Å². The van der Waals surface area contributed by atoms with E-state index in [4.69, 9.17) is 5.11 Å². The number of hydrogen-bond donors (Lipinski definition) is 2. The SMILES string of the molecule is CC(C)[C@@H](NC(=O)c1ccn(-c2cccc([N+](=O)[O-])c2)n1)C(=O)O. The summed E-state index contributed by atoms with van der Waals surface area (Å²) < 4.78 is 1.31. The van der Waals surface area contributed by atoms with Gasteiger partial charge in [0.05, 0.1) is 10.6 Å². The Hall–Kier alpha value is -3.23. The van der Waals surface area contributed by atoms with Gasteiger partial charge in [-0.25, -0.2) is 9.48 Å². The van der Waals surface area contributed by atoms with Crippen LogP contribution in [0.15, 0.2) is 36.5 Å². The zero-order chi connectivity index (χ0) is 17.9. The van der Waals surface area contributed by atoms with Crippen LogP contribution in [0.5, 0.6) is 0 Å². The van der Waals surface area contributed by atoms with Gasteiger partial charge in [-0.15, -0.1) is 0 Å². The number of nitrogens with zero attached hydrogens (tertiary/aromatic N) is 3. The fourth-order valence-corrected chi connectivity index (χ4v) is 2.07. The fourth-order valence-electron chi connectivity index (χ4n) is 2.07. The van der Waals surface area contributed by atoms with Gasteiger partial charge in [0.25, 0.3) is 11.6 Å². The molecule has 0 aliphatic rings. The highest BCUT2D eigenvalue weighted by Gasteiger charge is 2.25. The van der Waals surface area contributed by atoms with E-state index >= 15 is 0 Å². The number of carboxylic acids is 1. The number of nitrogens with one attached hydrogen (secondary N) is 1. The summed E-state index contributed by atoms with van der Waals surface area (Å²) in [6, 6.07) is 6.17. The molecule has 0 spiro atoms. The third-order valence-corrected chi connectivity index (χ3v) is 3.35. The molecule has 1 aromatic carbocycles. The highest BCUT2D eigenvalue weighted by atomic mass is 16.6. The van der Waals surface area contributed by atoms with Crippen LogP contribution in [0.2, 0.25) is 0 Å². The van der Waals surface area contributed by atoms with E-state index in [0.717, 1.165) is 0 Å². The van der Waals surface area contributed by atoms with Gasteiger partial charge in [0.2, 0.25) is 0 Å². The molecule has 0 fully saturated rings. The summed E-state index contributed by atoms with van der Waals surface area (Å²) in [5, 5.41) is 26.3. The molecule has 9 nitrogen and oxygen atoms in total. The van der Waals surface area contributed by atoms with Gasteiger partial charge in [0.15, 0.2) is 5.69 Å². The topological polar surface area (TPSA) is 127 Å². The van der Waals surface area contributed by atoms with E-state index in [-0.39, 0.29) is 17.3 Å². The molecular weight excluding hydrogens is 316 g/mol. The maximum Gasteiger partial charge on any atom is 0.326 e. The fraction of sp³-hybridized carbons (Fsp3) is 0.267. The minimum atomic E-state index is -1.13. The summed E-state index contributed by atoms with van der Waals surface area (Å²) in [7, 11) is 0. The number of benzene rings is 1. The molecular formula is C15H16N4O5. The van der Waals surface area contributed by atoms with Crippen LogP contribution < -0.4 is 5.32 Å². The second-order valence-corrected chi connectivity index (χ2v) is 5.46. The summed E-state index contributed by atoms with van der Waals surface area (Å²) in [6.45, 7) is 3.36. The lowest BCUT2D eigenvalue weighted by molar-refractivity contribution is -0.384. The lowest BCUT2D eigenvalue weighted by Gasteiger charge is -2.16. The summed E-state index contributed by atoms with van der Waals surface area (Å²) in [5.74, 6) is -2.04. The first-order chi connectivity index (χ1) is 11.3. The molecule has 1 aromatic heterocycles. The third-order valence-electron chi connectivity index (χ3n) is 3.35. The van der Waals surface area contributed by atoms with E-state index < -0.39 is 22.8 Å². The molecule has 0 aliphatic carbocycles. The van der Waals surface area contributed by atoms with Crippen LogP contribution in [0.25, 0.3) is 5.69 Å². The standard InChI is InChI=1S/C15H16N4O5/c1-9(2)13(15(21)22)16-14(20)12-6-7-18(17-12)10-4-3-5-11(8-10)19(23)24/h3-9,13H,1-2H3,(H,16,20)(H,21,22)/t13-/m1/s1. The average molecular weight is 332 g/mol. The molecule has 24 heavy (non-hydrogen) atoms. The van der Waals surface area contributed by atoms with Crippen molar-refractivity contribution in [2.24, 2.45) is 5.92 Å². The van der Waals surface area contributed by atoms with E-state index in [2.05, 4.69) is 10.4 Å². The minimum absolute atomic E-state index is 0.0217. The smallest absolute Gasteiger partial charge is 0.326 e. The predicted molar refractivity (Wildman–Crippen MR) is 83.9 cm³/mol. The minimum Gasteiger partial charge on any atom is -0.480 e. The third kappa shape index (κ3) is 3.75. The van der Waals surface area contributed by atoms with Crippen molar-refractivity contribution in [3.05, 3.63) is 52.3 Å². The van der Waals surface area contributed by atoms with Crippen LogP contribution in [-0.4, -0.2) is 37.7 Å². The van der Waals surface area contributed by atoms with E-state index in [9.17, 15) is 19.7 Å². The zero-order valence-corrected chi connectivity index (χ0v) is 13.0. The number of nitro groups is 1. The molecule has 0 radical (unpaired) electrons. The second-order valence-electron chi connectivity index (χ2n) is 5.46. The molecule has 1 atom stereocenters. The number of rotatable bonds is 6. The summed E-state index contributed by atoms with van der Waals surface area (Å²) in [6.07, 6.45) is 1.47. The Morgan fingerprint density at radius 3 is 2.62 bits per heavy atom. The van der Waals surface area contributed by atoms with Crippen LogP contribution in [-0.2, 0) is 4.79 Å². The molecule has 0 aliphatic heterocycles. The number of amides is 1. The molecule has 0 bridgehead atoms. The van der Waals surface area contributed by atoms with Crippen molar-refractivity contribution in [3.8, 4) is 5.69 Å². The Kier molecular flexibility index (Phi) is 4.93. The zero-order valence-electron chi connectivity index (χ0n) is 13.0. The van der Waals surface area contributed by atoms with Crippen LogP contribution >= 0.6 is 0 Å². The molecule has 1 heterocycles. The van der Waals surface area contributed by atoms with Crippen molar-refractivity contribution in [1.29, 1.82) is 0 Å². The maximum atomic E-state index is 12.1. The van der Waals surface area contributed by atoms with Crippen LogP contribution in [0, 0.1) is 16.0 Å². The van der Waals surface area contributed by atoms with Crippen molar-refractivity contribution < 1.29 is 19.6 Å². The molecule has 0 saturated carbocycles. The Labute approximate surface area is 137 Å². The maximum absolute atomic E-state index is 12.1. The van der Waals surface area contributed by atoms with Crippen molar-refractivity contribution in [3.63, 3.8) is 0 Å². The Bertz CT molecular complexity index is 784. The van der Waals surface area contributed by atoms with Crippen LogP contribution in [0.1, 0.15) is 24.3 Å². The van der Waals surface area contributed by atoms with E-state index in [1.807, 2.05) is 0 Å². The number of hydrogen-bond acceptors (Lipinski definition) is 5. The van der Waals surface area contributed by atoms with Crippen molar-refractivity contribution >= 4 is 17.6 Å². The number of aliphatic carboxylic acids is 1. The first kappa shape index (κ1) is 17.1. The van der Waals surface area contributed by atoms with E-state index in [0.29, 0.717) is 5.69 Å². The van der Waals surface area contributed by atoms with E-state index in [1.54, 1.807) is 19.9 Å². The number of aromatic nitrogens is 2. The number of non-ortho nitro benzene ring substituents is 1. The van der Waals surface area contributed by atoms with Crippen molar-refractivity contribution in [2.75, 3.05) is 0 Å². The second kappa shape index (κ2) is 6.90. The molecule has 9 heteroatoms. The first-order valence-electron chi connectivity index (χ1n) is 7.13. The van der Waals surface area contributed by atoms with Crippen molar-refractivity contribution in [1.82, 2.24) is 15.1 Å². The van der Waals surface area contributed by atoms with Gasteiger partial charge in [-0.2, -0.15) is 5.10 Å². The summed E-state index contributed by atoms with van der Waals surface area (Å²) in [5.41, 5.74) is 0.343. The van der Waals surface area contributed by atoms with Gasteiger partial charge in [-0.05, 0) is 18.1 Å². The lowest BCUT2D eigenvalue weighted by Crippen LogP contribution is -2.44. The molecule has 2 aromatic rings. The van der Waals surface area contributed by atoms with Gasteiger partial charge >= 0.3 is 5.97 Å². The molecule has 0 saturated heterocycles. The summed E-state index contributed by atoms with van der Waals surface area (Å²) >= 11 is 0. The quantitative estimate of drug-likeness (QED) is 0.611. The van der Waals surface area contributed by atoms with Crippen LogP contribution in [0.3, 0.4) is 0 Å². The molecule has 1 amide bonds. The van der Waals surface area contributed by atoms with E-state index in [1.165, 1.54) is 35.1 Å². The van der Waals surface area contributed by atoms with Gasteiger partial charge in [-0.3, -0.25) is 14.9 Å². The van der Waals surface area contributed by atoms with Crippen molar-refractivity contribution in [2.45, 2.75) is 19.9 Å². The molecule has 126 valence electrons. The summed E-state index contributed by atoms with van der Waals surface area (Å²) in [4.78, 5) is 33.5. The highest BCUT2D eigenvalue weighted by Crippen LogP contribution is 2.16. The highest BCUT2D eigenvalue weighted by molar-refractivity contribution is 5.95. The Morgan fingerprint density at radius 1 is 1.33 bits per heavy atom. The number of carbonyl (C=O) groups excluding carboxylic acids is 1. The molecule has 0 unspecified atom stereocenters. The largest absolute Gasteiger partial charge is 0.480 e. The number of nitro benzene ring substituents is 1. The van der Waals surface area contributed by atoms with Gasteiger partial charge in [0.1, 0.15) is 6.04 Å². The van der Waals surface area contributed by atoms with Gasteiger partial charge in [-0.1, -0.05) is 19.9 Å². The lowest BCUT2D eigenvalue weighted by atomic mass is 10.0. The number of carbonyl (C=O) groups is 2. The average Bonchev–Trinajstić information content (AvgIpc) is 3.02. The normalized spacial score (nSPS) is 12.0. The van der Waals surface area contributed by atoms with Gasteiger partial charge < -0.3 is 10.4 Å². The first-order valence-corrected chi connectivity index (χ1v) is 7.13. The monoisotopic (exact) mass is 332 g/mol. The molecule has 2 N–H and O–H groups in total.